The lowest BCUT2D eigenvalue weighted by Crippen LogP contribution is -2.42. The predicted molar refractivity (Wildman–Crippen MR) is 139 cm³/mol. The summed E-state index contributed by atoms with van der Waals surface area (Å²) in [5, 5.41) is 4.56. The van der Waals surface area contributed by atoms with Crippen molar-refractivity contribution in [3.8, 4) is 16.9 Å². The highest BCUT2D eigenvalue weighted by Gasteiger charge is 2.27. The number of likely N-dealkylation sites (tertiary alicyclic amines) is 1. The Bertz CT molecular complexity index is 1190. The molecule has 4 rings (SSSR count). The van der Waals surface area contributed by atoms with E-state index in [0.29, 0.717) is 36.9 Å². The maximum atomic E-state index is 12.3. The van der Waals surface area contributed by atoms with E-state index < -0.39 is 5.60 Å². The first-order chi connectivity index (χ1) is 17.2. The monoisotopic (exact) mass is 489 g/mol. The number of benzene rings is 2. The first-order valence-corrected chi connectivity index (χ1v) is 12.5. The fraction of sp³-hybridized carbons (Fsp3) is 0.414. The fourth-order valence-corrected chi connectivity index (χ4v) is 4.48. The molecular formula is C29H35N3O4. The second kappa shape index (κ2) is 11.0. The Balaban J connectivity index is 1.38. The summed E-state index contributed by atoms with van der Waals surface area (Å²) in [4.78, 5) is 26.0. The van der Waals surface area contributed by atoms with Crippen LogP contribution in [0, 0.1) is 12.8 Å². The number of hydrogen-bond donors (Lipinski definition) is 0. The van der Waals surface area contributed by atoms with Crippen molar-refractivity contribution in [1.29, 1.82) is 0 Å². The van der Waals surface area contributed by atoms with Crippen molar-refractivity contribution in [3.63, 3.8) is 0 Å². The van der Waals surface area contributed by atoms with Gasteiger partial charge in [0.2, 0.25) is 0 Å². The topological polar surface area (TPSA) is 73.7 Å². The zero-order valence-corrected chi connectivity index (χ0v) is 21.6. The molecule has 1 fully saturated rings. The Morgan fingerprint density at radius 2 is 1.83 bits per heavy atom. The minimum Gasteiger partial charge on any atom is -0.488 e. The van der Waals surface area contributed by atoms with Crippen molar-refractivity contribution in [2.45, 2.75) is 59.3 Å². The molecule has 7 nitrogen and oxygen atoms in total. The Morgan fingerprint density at radius 3 is 2.50 bits per heavy atom. The lowest BCUT2D eigenvalue weighted by molar-refractivity contribution is 0.0177. The van der Waals surface area contributed by atoms with Gasteiger partial charge in [0.05, 0.1) is 11.8 Å². The van der Waals surface area contributed by atoms with E-state index in [9.17, 15) is 9.59 Å². The number of carbonyl (C=O) groups excluding carboxylic acids is 2. The van der Waals surface area contributed by atoms with Gasteiger partial charge in [0, 0.05) is 31.4 Å². The molecule has 0 bridgehead atoms. The van der Waals surface area contributed by atoms with Crippen LogP contribution in [0.4, 0.5) is 4.79 Å². The molecule has 7 heteroatoms. The Morgan fingerprint density at radius 1 is 1.11 bits per heavy atom. The highest BCUT2D eigenvalue weighted by atomic mass is 16.6. The molecule has 1 aliphatic heterocycles. The number of aldehydes is 1. The second-order valence-corrected chi connectivity index (χ2v) is 10.5. The summed E-state index contributed by atoms with van der Waals surface area (Å²) < 4.78 is 13.5. The van der Waals surface area contributed by atoms with Gasteiger partial charge in [-0.1, -0.05) is 30.3 Å². The number of aryl methyl sites for hydroxylation is 1. The molecule has 0 unspecified atom stereocenters. The normalized spacial score (nSPS) is 14.5. The third-order valence-electron chi connectivity index (χ3n) is 6.33. The smallest absolute Gasteiger partial charge is 0.410 e. The van der Waals surface area contributed by atoms with E-state index in [1.165, 1.54) is 0 Å². The average Bonchev–Trinajstić information content (AvgIpc) is 3.31. The molecule has 0 radical (unpaired) electrons. The molecule has 0 aliphatic carbocycles. The Kier molecular flexibility index (Phi) is 7.77. The van der Waals surface area contributed by atoms with Gasteiger partial charge in [-0.25, -0.2) is 4.79 Å². The number of aromatic nitrogens is 2. The van der Waals surface area contributed by atoms with Crippen molar-refractivity contribution in [2.75, 3.05) is 13.1 Å². The van der Waals surface area contributed by atoms with E-state index in [-0.39, 0.29) is 6.09 Å². The van der Waals surface area contributed by atoms with Gasteiger partial charge in [0.1, 0.15) is 18.0 Å². The highest BCUT2D eigenvalue weighted by Crippen LogP contribution is 2.31. The number of ether oxygens (including phenoxy) is 2. The van der Waals surface area contributed by atoms with Gasteiger partial charge in [-0.05, 0) is 75.3 Å². The number of amides is 1. The molecule has 1 saturated heterocycles. The molecule has 1 aliphatic rings. The SMILES string of the molecule is Cc1cc(-c2cnn(CC3CCN(C(=O)OC(C)(C)C)CC3)c2)cc(C=O)c1OCc1ccccc1. The van der Waals surface area contributed by atoms with Crippen molar-refractivity contribution in [3.05, 3.63) is 71.5 Å². The molecule has 36 heavy (non-hydrogen) atoms. The molecule has 190 valence electrons. The van der Waals surface area contributed by atoms with Crippen LogP contribution in [-0.2, 0) is 17.9 Å². The zero-order chi connectivity index (χ0) is 25.7. The van der Waals surface area contributed by atoms with Crippen molar-refractivity contribution >= 4 is 12.4 Å². The summed E-state index contributed by atoms with van der Waals surface area (Å²) in [5.41, 5.74) is 3.91. The van der Waals surface area contributed by atoms with Crippen molar-refractivity contribution in [2.24, 2.45) is 5.92 Å². The predicted octanol–water partition coefficient (Wildman–Crippen LogP) is 5.90. The summed E-state index contributed by atoms with van der Waals surface area (Å²) in [7, 11) is 0. The van der Waals surface area contributed by atoms with E-state index >= 15 is 0 Å². The average molecular weight is 490 g/mol. The van der Waals surface area contributed by atoms with Crippen LogP contribution in [0.5, 0.6) is 5.75 Å². The Labute approximate surface area is 213 Å². The van der Waals surface area contributed by atoms with Gasteiger partial charge in [-0.3, -0.25) is 9.48 Å². The third-order valence-corrected chi connectivity index (χ3v) is 6.33. The van der Waals surface area contributed by atoms with Crippen LogP contribution in [0.3, 0.4) is 0 Å². The van der Waals surface area contributed by atoms with E-state index in [1.807, 2.05) is 87.2 Å². The maximum absolute atomic E-state index is 12.3. The molecule has 3 aromatic rings. The van der Waals surface area contributed by atoms with Crippen LogP contribution in [0.1, 0.15) is 55.1 Å². The van der Waals surface area contributed by atoms with Crippen LogP contribution in [0.2, 0.25) is 0 Å². The highest BCUT2D eigenvalue weighted by molar-refractivity contribution is 5.84. The van der Waals surface area contributed by atoms with E-state index in [1.54, 1.807) is 4.90 Å². The maximum Gasteiger partial charge on any atom is 0.410 e. The van der Waals surface area contributed by atoms with Gasteiger partial charge >= 0.3 is 6.09 Å². The summed E-state index contributed by atoms with van der Waals surface area (Å²) in [5.74, 6) is 1.05. The van der Waals surface area contributed by atoms with Gasteiger partial charge in [0.25, 0.3) is 0 Å². The molecule has 1 amide bonds. The summed E-state index contributed by atoms with van der Waals surface area (Å²) in [6.45, 7) is 10.2. The van der Waals surface area contributed by atoms with E-state index in [4.69, 9.17) is 9.47 Å². The quantitative estimate of drug-likeness (QED) is 0.387. The molecule has 0 spiro atoms. The first kappa shape index (κ1) is 25.5. The summed E-state index contributed by atoms with van der Waals surface area (Å²) >= 11 is 0. The van der Waals surface area contributed by atoms with Crippen LogP contribution < -0.4 is 4.74 Å². The lowest BCUT2D eigenvalue weighted by atomic mass is 9.97. The summed E-state index contributed by atoms with van der Waals surface area (Å²) in [6.07, 6.45) is 6.30. The first-order valence-electron chi connectivity index (χ1n) is 12.5. The van der Waals surface area contributed by atoms with Crippen molar-refractivity contribution in [1.82, 2.24) is 14.7 Å². The zero-order valence-electron chi connectivity index (χ0n) is 21.6. The standard InChI is InChI=1S/C29H35N3O4/c1-21-14-24(15-25(19-33)27(21)35-20-23-8-6-5-7-9-23)26-16-30-32(18-26)17-22-10-12-31(13-11-22)28(34)36-29(2,3)4/h5-9,14-16,18-19,22H,10-13,17,20H2,1-4H3. The fourth-order valence-electron chi connectivity index (χ4n) is 4.48. The van der Waals surface area contributed by atoms with E-state index in [2.05, 4.69) is 5.10 Å². The summed E-state index contributed by atoms with van der Waals surface area (Å²) in [6, 6.07) is 13.8. The third kappa shape index (κ3) is 6.53. The van der Waals surface area contributed by atoms with Crippen molar-refractivity contribution < 1.29 is 19.1 Å². The number of rotatable bonds is 7. The molecule has 0 atom stereocenters. The second-order valence-electron chi connectivity index (χ2n) is 10.5. The van der Waals surface area contributed by atoms with Gasteiger partial charge < -0.3 is 14.4 Å². The number of hydrogen-bond acceptors (Lipinski definition) is 5. The molecular weight excluding hydrogens is 454 g/mol. The number of piperidine rings is 1. The minimum absolute atomic E-state index is 0.236. The lowest BCUT2D eigenvalue weighted by Gasteiger charge is -2.33. The van der Waals surface area contributed by atoms with Crippen LogP contribution in [0.25, 0.3) is 11.1 Å². The number of nitrogens with zero attached hydrogens (tertiary/aromatic N) is 3. The minimum atomic E-state index is -0.478. The van der Waals surface area contributed by atoms with Gasteiger partial charge in [-0.2, -0.15) is 5.10 Å². The Hall–Kier alpha value is -3.61. The van der Waals surface area contributed by atoms with Crippen LogP contribution >= 0.6 is 0 Å². The van der Waals surface area contributed by atoms with Gasteiger partial charge in [-0.15, -0.1) is 0 Å². The molecule has 2 aromatic carbocycles. The molecule has 0 N–H and O–H groups in total. The van der Waals surface area contributed by atoms with Crippen LogP contribution in [0.15, 0.2) is 54.9 Å². The number of carbonyl (C=O) groups is 2. The van der Waals surface area contributed by atoms with Gasteiger partial charge in [0.15, 0.2) is 6.29 Å². The molecule has 0 saturated carbocycles. The molecule has 2 heterocycles. The molecule has 1 aromatic heterocycles. The van der Waals surface area contributed by atoms with E-state index in [0.717, 1.165) is 47.9 Å². The largest absolute Gasteiger partial charge is 0.488 e. The van der Waals surface area contributed by atoms with Crippen LogP contribution in [-0.4, -0.2) is 45.8 Å².